The van der Waals surface area contributed by atoms with Gasteiger partial charge in [-0.1, -0.05) is 61.9 Å². The van der Waals surface area contributed by atoms with E-state index in [1.54, 1.807) is 17.3 Å². The summed E-state index contributed by atoms with van der Waals surface area (Å²) in [5.74, 6) is 0.885. The molecule has 1 aromatic carbocycles. The minimum atomic E-state index is -0.867. The standard InChI is InChI=1S/C22H28ClN3O/c23-20-11-9-17(10-12-20)13-19-7-4-8-21(18-5-2-1-3-6-18)22(19,27)14-26-16-24-15-25-26/h9-13,15-16,18,21,27H,1-8,14H2. The number of hydrogen-bond donors (Lipinski definition) is 1. The van der Waals surface area contributed by atoms with Gasteiger partial charge in [0.25, 0.3) is 0 Å². The van der Waals surface area contributed by atoms with Gasteiger partial charge in [0.05, 0.1) is 6.54 Å². The predicted molar refractivity (Wildman–Crippen MR) is 108 cm³/mol. The summed E-state index contributed by atoms with van der Waals surface area (Å²) in [4.78, 5) is 4.08. The second-order valence-electron chi connectivity index (χ2n) is 8.14. The Morgan fingerprint density at radius 1 is 1.11 bits per heavy atom. The Morgan fingerprint density at radius 3 is 2.59 bits per heavy atom. The summed E-state index contributed by atoms with van der Waals surface area (Å²) in [6.07, 6.45) is 15.0. The molecule has 2 fully saturated rings. The van der Waals surface area contributed by atoms with E-state index in [-0.39, 0.29) is 5.92 Å². The molecule has 2 aliphatic carbocycles. The van der Waals surface area contributed by atoms with Crippen LogP contribution in [0.1, 0.15) is 56.9 Å². The minimum Gasteiger partial charge on any atom is -0.383 e. The van der Waals surface area contributed by atoms with E-state index in [2.05, 4.69) is 16.2 Å². The van der Waals surface area contributed by atoms with Gasteiger partial charge in [-0.2, -0.15) is 5.10 Å². The molecule has 144 valence electrons. The van der Waals surface area contributed by atoms with Crippen LogP contribution in [0.2, 0.25) is 5.02 Å². The van der Waals surface area contributed by atoms with Gasteiger partial charge in [-0.3, -0.25) is 0 Å². The summed E-state index contributed by atoms with van der Waals surface area (Å²) < 4.78 is 1.79. The van der Waals surface area contributed by atoms with Gasteiger partial charge in [-0.15, -0.1) is 0 Å². The molecular weight excluding hydrogens is 358 g/mol. The lowest BCUT2D eigenvalue weighted by Gasteiger charge is -2.46. The van der Waals surface area contributed by atoms with E-state index >= 15 is 0 Å². The Morgan fingerprint density at radius 2 is 1.89 bits per heavy atom. The first-order chi connectivity index (χ1) is 13.1. The van der Waals surface area contributed by atoms with Gasteiger partial charge in [0.1, 0.15) is 18.3 Å². The van der Waals surface area contributed by atoms with E-state index in [1.807, 2.05) is 24.3 Å². The van der Waals surface area contributed by atoms with Crippen molar-refractivity contribution in [1.82, 2.24) is 14.8 Å². The van der Waals surface area contributed by atoms with E-state index in [0.29, 0.717) is 12.5 Å². The number of halogens is 1. The third-order valence-electron chi connectivity index (χ3n) is 6.43. The average Bonchev–Trinajstić information content (AvgIpc) is 3.18. The van der Waals surface area contributed by atoms with Gasteiger partial charge in [0.15, 0.2) is 0 Å². The fourth-order valence-corrected chi connectivity index (χ4v) is 5.23. The Kier molecular flexibility index (Phi) is 5.65. The van der Waals surface area contributed by atoms with Crippen molar-refractivity contribution in [2.45, 2.75) is 63.5 Å². The summed E-state index contributed by atoms with van der Waals surface area (Å²) in [7, 11) is 0. The zero-order valence-electron chi connectivity index (χ0n) is 15.7. The second kappa shape index (κ2) is 8.15. The quantitative estimate of drug-likeness (QED) is 0.793. The Labute approximate surface area is 166 Å². The summed E-state index contributed by atoms with van der Waals surface area (Å²) in [6.45, 7) is 0.480. The maximum absolute atomic E-state index is 12.0. The van der Waals surface area contributed by atoms with Crippen molar-refractivity contribution >= 4 is 17.7 Å². The topological polar surface area (TPSA) is 50.9 Å². The van der Waals surface area contributed by atoms with Crippen LogP contribution in [0.25, 0.3) is 6.08 Å². The third-order valence-corrected chi connectivity index (χ3v) is 6.68. The van der Waals surface area contributed by atoms with Crippen LogP contribution >= 0.6 is 11.6 Å². The van der Waals surface area contributed by atoms with Crippen molar-refractivity contribution in [3.8, 4) is 0 Å². The molecule has 0 spiro atoms. The van der Waals surface area contributed by atoms with Gasteiger partial charge in [-0.05, 0) is 54.4 Å². The van der Waals surface area contributed by atoms with Crippen LogP contribution in [0.15, 0.2) is 42.5 Å². The molecule has 27 heavy (non-hydrogen) atoms. The Balaban J connectivity index is 1.69. The number of aliphatic hydroxyl groups is 1. The first-order valence-corrected chi connectivity index (χ1v) is 10.5. The van der Waals surface area contributed by atoms with E-state index in [4.69, 9.17) is 11.6 Å². The molecule has 1 aromatic heterocycles. The van der Waals surface area contributed by atoms with Crippen LogP contribution in [-0.4, -0.2) is 25.5 Å². The monoisotopic (exact) mass is 385 g/mol. The fourth-order valence-electron chi connectivity index (χ4n) is 5.11. The molecule has 2 aliphatic rings. The van der Waals surface area contributed by atoms with E-state index in [1.165, 1.54) is 32.1 Å². The summed E-state index contributed by atoms with van der Waals surface area (Å²) in [5, 5.41) is 17.1. The fraction of sp³-hybridized carbons (Fsp3) is 0.545. The zero-order valence-corrected chi connectivity index (χ0v) is 16.5. The molecule has 0 bridgehead atoms. The van der Waals surface area contributed by atoms with Crippen molar-refractivity contribution in [2.75, 3.05) is 0 Å². The number of hydrogen-bond acceptors (Lipinski definition) is 3. The Hall–Kier alpha value is -1.65. The lowest BCUT2D eigenvalue weighted by Crippen LogP contribution is -2.49. The largest absolute Gasteiger partial charge is 0.383 e. The molecule has 1 N–H and O–H groups in total. The van der Waals surface area contributed by atoms with Crippen molar-refractivity contribution in [3.63, 3.8) is 0 Å². The van der Waals surface area contributed by atoms with Gasteiger partial charge >= 0.3 is 0 Å². The SMILES string of the molecule is OC1(Cn2cncn2)C(=Cc2ccc(Cl)cc2)CCCC1C1CCCCC1. The smallest absolute Gasteiger partial charge is 0.137 e. The van der Waals surface area contributed by atoms with Crippen LogP contribution in [0.3, 0.4) is 0 Å². The number of aromatic nitrogens is 3. The van der Waals surface area contributed by atoms with Crippen LogP contribution in [0.4, 0.5) is 0 Å². The lowest BCUT2D eigenvalue weighted by atomic mass is 9.63. The molecule has 0 radical (unpaired) electrons. The first-order valence-electron chi connectivity index (χ1n) is 10.2. The third kappa shape index (κ3) is 4.12. The number of benzene rings is 1. The highest BCUT2D eigenvalue weighted by atomic mass is 35.5. The molecule has 0 saturated heterocycles. The molecule has 2 atom stereocenters. The molecule has 5 heteroatoms. The minimum absolute atomic E-state index is 0.286. The average molecular weight is 386 g/mol. The summed E-state index contributed by atoms with van der Waals surface area (Å²) in [6, 6.07) is 7.86. The molecule has 1 heterocycles. The Bertz CT molecular complexity index is 765. The van der Waals surface area contributed by atoms with Crippen LogP contribution in [0, 0.1) is 11.8 Å². The number of rotatable bonds is 4. The first kappa shape index (κ1) is 18.7. The molecule has 0 amide bonds. The highest BCUT2D eigenvalue weighted by Crippen LogP contribution is 2.47. The normalized spacial score (nSPS) is 28.5. The zero-order chi connectivity index (χ0) is 18.7. The highest BCUT2D eigenvalue weighted by Gasteiger charge is 2.46. The van der Waals surface area contributed by atoms with Crippen molar-refractivity contribution in [2.24, 2.45) is 11.8 Å². The van der Waals surface area contributed by atoms with Gasteiger partial charge in [0.2, 0.25) is 0 Å². The maximum Gasteiger partial charge on any atom is 0.137 e. The lowest BCUT2D eigenvalue weighted by molar-refractivity contribution is -0.0514. The molecule has 0 aliphatic heterocycles. The maximum atomic E-state index is 12.0. The van der Waals surface area contributed by atoms with Crippen molar-refractivity contribution < 1.29 is 5.11 Å². The van der Waals surface area contributed by atoms with Gasteiger partial charge in [0, 0.05) is 5.02 Å². The van der Waals surface area contributed by atoms with Gasteiger partial charge in [-0.25, -0.2) is 9.67 Å². The molecule has 4 nitrogen and oxygen atoms in total. The summed E-state index contributed by atoms with van der Waals surface area (Å²) in [5.41, 5.74) is 1.35. The molecule has 2 unspecified atom stereocenters. The van der Waals surface area contributed by atoms with E-state index in [0.717, 1.165) is 35.4 Å². The van der Waals surface area contributed by atoms with E-state index < -0.39 is 5.60 Å². The second-order valence-corrected chi connectivity index (χ2v) is 8.57. The van der Waals surface area contributed by atoms with Gasteiger partial charge < -0.3 is 5.11 Å². The molecule has 2 aromatic rings. The van der Waals surface area contributed by atoms with Crippen molar-refractivity contribution in [3.05, 3.63) is 53.1 Å². The highest BCUT2D eigenvalue weighted by molar-refractivity contribution is 6.30. The molecule has 4 rings (SSSR count). The predicted octanol–water partition coefficient (Wildman–Crippen LogP) is 5.13. The number of nitrogens with zero attached hydrogens (tertiary/aromatic N) is 3. The van der Waals surface area contributed by atoms with Crippen LogP contribution in [0.5, 0.6) is 0 Å². The van der Waals surface area contributed by atoms with Crippen molar-refractivity contribution in [1.29, 1.82) is 0 Å². The molecular formula is C22H28ClN3O. The van der Waals surface area contributed by atoms with Crippen LogP contribution in [-0.2, 0) is 6.54 Å². The summed E-state index contributed by atoms with van der Waals surface area (Å²) >= 11 is 6.04. The van der Waals surface area contributed by atoms with E-state index in [9.17, 15) is 5.11 Å². The molecule has 2 saturated carbocycles. The van der Waals surface area contributed by atoms with Crippen LogP contribution < -0.4 is 0 Å².